The first kappa shape index (κ1) is 17.2. The molecule has 7 nitrogen and oxygen atoms in total. The maximum absolute atomic E-state index is 12.2. The predicted molar refractivity (Wildman–Crippen MR) is 98.6 cm³/mol. The second-order valence-electron chi connectivity index (χ2n) is 4.93. The first-order valence-corrected chi connectivity index (χ1v) is 8.97. The van der Waals surface area contributed by atoms with Crippen molar-refractivity contribution in [3.8, 4) is 5.75 Å². The number of thiazole rings is 1. The number of rotatable bonds is 6. The van der Waals surface area contributed by atoms with Gasteiger partial charge in [0.1, 0.15) is 5.75 Å². The molecule has 0 saturated heterocycles. The Morgan fingerprint density at radius 2 is 2.16 bits per heavy atom. The molecule has 25 heavy (non-hydrogen) atoms. The molecule has 0 bridgehead atoms. The lowest BCUT2D eigenvalue weighted by atomic mass is 10.2. The molecule has 1 N–H and O–H groups in total. The van der Waals surface area contributed by atoms with Crippen LogP contribution in [0.3, 0.4) is 0 Å². The van der Waals surface area contributed by atoms with Crippen LogP contribution >= 0.6 is 23.1 Å². The van der Waals surface area contributed by atoms with Crippen LogP contribution in [-0.4, -0.2) is 28.7 Å². The molecule has 3 aromatic rings. The van der Waals surface area contributed by atoms with Gasteiger partial charge in [0.05, 0.1) is 33.7 Å². The van der Waals surface area contributed by atoms with Gasteiger partial charge in [0.25, 0.3) is 5.69 Å². The number of methoxy groups -OCH3 is 1. The van der Waals surface area contributed by atoms with E-state index in [1.54, 1.807) is 0 Å². The van der Waals surface area contributed by atoms with Gasteiger partial charge in [-0.05, 0) is 18.2 Å². The SMILES string of the molecule is COc1ccc([N+](=O)[O-])cc1NC(=O)CSc1nc2ccccc2s1. The number of carbonyl (C=O) groups excluding carboxylic acids is 1. The van der Waals surface area contributed by atoms with E-state index in [1.165, 1.54) is 48.4 Å². The zero-order valence-corrected chi connectivity index (χ0v) is 14.7. The molecule has 0 aliphatic rings. The number of para-hydroxylation sites is 1. The average molecular weight is 375 g/mol. The number of fused-ring (bicyclic) bond motifs is 1. The van der Waals surface area contributed by atoms with Gasteiger partial charge in [-0.3, -0.25) is 14.9 Å². The predicted octanol–water partition coefficient (Wildman–Crippen LogP) is 3.94. The summed E-state index contributed by atoms with van der Waals surface area (Å²) in [4.78, 5) is 27.0. The van der Waals surface area contributed by atoms with Crippen molar-refractivity contribution in [1.29, 1.82) is 0 Å². The summed E-state index contributed by atoms with van der Waals surface area (Å²) in [5, 5.41) is 13.5. The number of anilines is 1. The number of aromatic nitrogens is 1. The molecule has 0 spiro atoms. The lowest BCUT2D eigenvalue weighted by molar-refractivity contribution is -0.384. The molecule has 1 heterocycles. The fourth-order valence-electron chi connectivity index (χ4n) is 2.13. The summed E-state index contributed by atoms with van der Waals surface area (Å²) in [5.74, 6) is 0.220. The van der Waals surface area contributed by atoms with Gasteiger partial charge in [-0.1, -0.05) is 23.9 Å². The number of nitrogens with one attached hydrogen (secondary N) is 1. The first-order valence-electron chi connectivity index (χ1n) is 7.17. The number of carbonyl (C=O) groups is 1. The van der Waals surface area contributed by atoms with Crippen LogP contribution < -0.4 is 10.1 Å². The van der Waals surface area contributed by atoms with Gasteiger partial charge in [-0.25, -0.2) is 4.98 Å². The molecule has 0 fully saturated rings. The number of hydrogen-bond acceptors (Lipinski definition) is 7. The molecule has 0 saturated carbocycles. The van der Waals surface area contributed by atoms with Crippen LogP contribution in [0, 0.1) is 10.1 Å². The summed E-state index contributed by atoms with van der Waals surface area (Å²) in [6.45, 7) is 0. The molecule has 3 rings (SSSR count). The summed E-state index contributed by atoms with van der Waals surface area (Å²) in [6, 6.07) is 11.8. The fraction of sp³-hybridized carbons (Fsp3) is 0.125. The summed E-state index contributed by atoms with van der Waals surface area (Å²) in [7, 11) is 1.44. The summed E-state index contributed by atoms with van der Waals surface area (Å²) >= 11 is 2.84. The number of nitro benzene ring substituents is 1. The highest BCUT2D eigenvalue weighted by molar-refractivity contribution is 8.01. The van der Waals surface area contributed by atoms with Crippen LogP contribution in [0.4, 0.5) is 11.4 Å². The van der Waals surface area contributed by atoms with Crippen molar-refractivity contribution < 1.29 is 14.5 Å². The number of hydrogen-bond donors (Lipinski definition) is 1. The minimum atomic E-state index is -0.523. The van der Waals surface area contributed by atoms with E-state index in [-0.39, 0.29) is 23.0 Å². The Labute approximate surface area is 151 Å². The van der Waals surface area contributed by atoms with Gasteiger partial charge in [-0.15, -0.1) is 11.3 Å². The maximum Gasteiger partial charge on any atom is 0.271 e. The number of amides is 1. The molecule has 128 valence electrons. The molecule has 0 radical (unpaired) electrons. The Morgan fingerprint density at radius 3 is 2.88 bits per heavy atom. The fourth-order valence-corrected chi connectivity index (χ4v) is 4.00. The smallest absolute Gasteiger partial charge is 0.271 e. The first-order chi connectivity index (χ1) is 12.1. The summed E-state index contributed by atoms with van der Waals surface area (Å²) in [6.07, 6.45) is 0. The quantitative estimate of drug-likeness (QED) is 0.398. The second kappa shape index (κ2) is 7.49. The molecular weight excluding hydrogens is 362 g/mol. The summed E-state index contributed by atoms with van der Waals surface area (Å²) in [5.41, 5.74) is 1.05. The Kier molecular flexibility index (Phi) is 5.15. The van der Waals surface area contributed by atoms with Crippen molar-refractivity contribution in [1.82, 2.24) is 4.98 Å². The lowest BCUT2D eigenvalue weighted by Gasteiger charge is -2.09. The van der Waals surface area contributed by atoms with E-state index in [0.29, 0.717) is 5.75 Å². The van der Waals surface area contributed by atoms with Crippen molar-refractivity contribution >= 4 is 50.6 Å². The van der Waals surface area contributed by atoms with E-state index in [9.17, 15) is 14.9 Å². The molecule has 2 aromatic carbocycles. The Hall–Kier alpha value is -2.65. The molecule has 9 heteroatoms. The van der Waals surface area contributed by atoms with Crippen molar-refractivity contribution in [2.45, 2.75) is 4.34 Å². The number of thioether (sulfide) groups is 1. The van der Waals surface area contributed by atoms with Crippen molar-refractivity contribution in [2.75, 3.05) is 18.2 Å². The normalized spacial score (nSPS) is 10.6. The van der Waals surface area contributed by atoms with Gasteiger partial charge < -0.3 is 10.1 Å². The second-order valence-corrected chi connectivity index (χ2v) is 7.18. The topological polar surface area (TPSA) is 94.4 Å². The van der Waals surface area contributed by atoms with Crippen molar-refractivity contribution in [2.24, 2.45) is 0 Å². The largest absolute Gasteiger partial charge is 0.495 e. The highest BCUT2D eigenvalue weighted by atomic mass is 32.2. The van der Waals surface area contributed by atoms with E-state index in [0.717, 1.165) is 14.6 Å². The van der Waals surface area contributed by atoms with Crippen molar-refractivity contribution in [3.63, 3.8) is 0 Å². The minimum absolute atomic E-state index is 0.116. The molecule has 1 aromatic heterocycles. The van der Waals surface area contributed by atoms with Crippen LogP contribution in [0.25, 0.3) is 10.2 Å². The highest BCUT2D eigenvalue weighted by Gasteiger charge is 2.14. The van der Waals surface area contributed by atoms with Gasteiger partial charge in [0.2, 0.25) is 5.91 Å². The molecule has 0 aliphatic carbocycles. The van der Waals surface area contributed by atoms with Gasteiger partial charge >= 0.3 is 0 Å². The zero-order valence-electron chi connectivity index (χ0n) is 13.1. The van der Waals surface area contributed by atoms with Crippen molar-refractivity contribution in [3.05, 3.63) is 52.6 Å². The van der Waals surface area contributed by atoms with Crippen LogP contribution in [0.15, 0.2) is 46.8 Å². The average Bonchev–Trinajstić information content (AvgIpc) is 3.03. The third-order valence-corrected chi connectivity index (χ3v) is 5.45. The number of nitrogens with zero attached hydrogens (tertiary/aromatic N) is 2. The maximum atomic E-state index is 12.2. The Balaban J connectivity index is 1.67. The van der Waals surface area contributed by atoms with E-state index < -0.39 is 4.92 Å². The van der Waals surface area contributed by atoms with Crippen LogP contribution in [0.2, 0.25) is 0 Å². The Morgan fingerprint density at radius 1 is 1.36 bits per heavy atom. The minimum Gasteiger partial charge on any atom is -0.495 e. The third kappa shape index (κ3) is 4.06. The monoisotopic (exact) mass is 375 g/mol. The molecule has 0 atom stereocenters. The van der Waals surface area contributed by atoms with Gasteiger partial charge in [0.15, 0.2) is 4.34 Å². The molecule has 0 aliphatic heterocycles. The number of nitro groups is 1. The van der Waals surface area contributed by atoms with E-state index in [1.807, 2.05) is 24.3 Å². The van der Waals surface area contributed by atoms with Crippen LogP contribution in [-0.2, 0) is 4.79 Å². The van der Waals surface area contributed by atoms with Crippen LogP contribution in [0.1, 0.15) is 0 Å². The number of ether oxygens (including phenoxy) is 1. The van der Waals surface area contributed by atoms with E-state index >= 15 is 0 Å². The number of non-ortho nitro benzene ring substituents is 1. The van der Waals surface area contributed by atoms with Crippen LogP contribution in [0.5, 0.6) is 5.75 Å². The van der Waals surface area contributed by atoms with Gasteiger partial charge in [0, 0.05) is 12.1 Å². The Bertz CT molecular complexity index is 909. The van der Waals surface area contributed by atoms with E-state index in [2.05, 4.69) is 10.3 Å². The molecular formula is C16H13N3O4S2. The zero-order chi connectivity index (χ0) is 17.8. The molecule has 0 unspecified atom stereocenters. The highest BCUT2D eigenvalue weighted by Crippen LogP contribution is 2.31. The summed E-state index contributed by atoms with van der Waals surface area (Å²) < 4.78 is 6.98. The number of benzene rings is 2. The lowest BCUT2D eigenvalue weighted by Crippen LogP contribution is -2.14. The van der Waals surface area contributed by atoms with Gasteiger partial charge in [-0.2, -0.15) is 0 Å². The standard InChI is InChI=1S/C16H13N3O4S2/c1-23-13-7-6-10(19(21)22)8-12(13)17-15(20)9-24-16-18-11-4-2-3-5-14(11)25-16/h2-8H,9H2,1H3,(H,17,20). The third-order valence-electron chi connectivity index (χ3n) is 3.27. The molecule has 1 amide bonds. The van der Waals surface area contributed by atoms with E-state index in [4.69, 9.17) is 4.74 Å².